The molecule has 0 aliphatic carbocycles. The zero-order valence-corrected chi connectivity index (χ0v) is 13.5. The summed E-state index contributed by atoms with van der Waals surface area (Å²) in [6.07, 6.45) is 1.04. The third kappa shape index (κ3) is 4.82. The van der Waals surface area contributed by atoms with Gasteiger partial charge < -0.3 is 5.73 Å². The third-order valence-corrected chi connectivity index (χ3v) is 5.32. The Kier molecular flexibility index (Phi) is 5.25. The molecule has 3 N–H and O–H groups in total. The van der Waals surface area contributed by atoms with E-state index in [-0.39, 0.29) is 21.2 Å². The highest BCUT2D eigenvalue weighted by molar-refractivity contribution is 7.91. The first-order valence-electron chi connectivity index (χ1n) is 5.62. The van der Waals surface area contributed by atoms with Crippen molar-refractivity contribution in [1.82, 2.24) is 4.72 Å². The predicted octanol–water partition coefficient (Wildman–Crippen LogP) is 0.0322. The Morgan fingerprint density at radius 1 is 1.30 bits per heavy atom. The average Bonchev–Trinajstić information content (AvgIpc) is 2.25. The Morgan fingerprint density at radius 2 is 1.85 bits per heavy atom. The quantitative estimate of drug-likeness (QED) is 0.710. The molecule has 0 saturated carbocycles. The van der Waals surface area contributed by atoms with E-state index >= 15 is 0 Å². The lowest BCUT2D eigenvalue weighted by molar-refractivity contribution is 0.564. The lowest BCUT2D eigenvalue weighted by atomic mass is 10.2. The number of nitrogens with one attached hydrogen (secondary N) is 1. The summed E-state index contributed by atoms with van der Waals surface area (Å²) in [5.74, 6) is -0.290. The molecule has 0 bridgehead atoms. The number of benzene rings is 1. The van der Waals surface area contributed by atoms with Crippen molar-refractivity contribution in [2.45, 2.75) is 17.9 Å². The van der Waals surface area contributed by atoms with Gasteiger partial charge in [-0.05, 0) is 13.0 Å². The zero-order chi connectivity index (χ0) is 15.6. The molecule has 0 aliphatic heterocycles. The van der Waals surface area contributed by atoms with Gasteiger partial charge in [0.2, 0.25) is 10.0 Å². The Hall–Kier alpha value is -1.03. The minimum atomic E-state index is -3.89. The van der Waals surface area contributed by atoms with Gasteiger partial charge in [-0.25, -0.2) is 21.6 Å². The van der Waals surface area contributed by atoms with E-state index in [2.05, 4.69) is 4.72 Å². The second-order valence-electron chi connectivity index (χ2n) is 4.48. The number of nitrogens with two attached hydrogens (primary N) is 1. The normalized spacial score (nSPS) is 13.9. The van der Waals surface area contributed by atoms with Crippen LogP contribution >= 0.6 is 12.2 Å². The van der Waals surface area contributed by atoms with Gasteiger partial charge in [0.1, 0.15) is 14.8 Å². The molecule has 9 heteroatoms. The van der Waals surface area contributed by atoms with Crippen molar-refractivity contribution in [2.75, 3.05) is 12.0 Å². The molecule has 1 rings (SSSR count). The summed E-state index contributed by atoms with van der Waals surface area (Å²) >= 11 is 4.81. The van der Waals surface area contributed by atoms with Crippen molar-refractivity contribution in [3.05, 3.63) is 29.8 Å². The maximum absolute atomic E-state index is 12.2. The number of rotatable bonds is 6. The van der Waals surface area contributed by atoms with Crippen LogP contribution < -0.4 is 10.5 Å². The molecule has 0 fully saturated rings. The monoisotopic (exact) mass is 336 g/mol. The van der Waals surface area contributed by atoms with Gasteiger partial charge in [0.15, 0.2) is 0 Å². The van der Waals surface area contributed by atoms with Gasteiger partial charge >= 0.3 is 0 Å². The molecule has 6 nitrogen and oxygen atoms in total. The Labute approximate surface area is 124 Å². The van der Waals surface area contributed by atoms with Gasteiger partial charge in [0, 0.05) is 17.9 Å². The van der Waals surface area contributed by atoms with Crippen LogP contribution in [0.15, 0.2) is 29.2 Å². The van der Waals surface area contributed by atoms with Crippen LogP contribution in [0, 0.1) is 0 Å². The second kappa shape index (κ2) is 6.17. The van der Waals surface area contributed by atoms with Crippen molar-refractivity contribution in [2.24, 2.45) is 5.73 Å². The van der Waals surface area contributed by atoms with Gasteiger partial charge in [-0.2, -0.15) is 0 Å². The third-order valence-electron chi connectivity index (χ3n) is 2.35. The Morgan fingerprint density at radius 3 is 2.35 bits per heavy atom. The van der Waals surface area contributed by atoms with E-state index in [1.54, 1.807) is 6.07 Å². The molecule has 1 aromatic carbocycles. The summed E-state index contributed by atoms with van der Waals surface area (Å²) in [4.78, 5) is -0.102. The molecule has 1 aromatic rings. The standard InChI is InChI=1S/C11H16N2O4S3/c1-8(7-19(2,14)15)13-20(16,17)10-6-4-3-5-9(10)11(12)18/h3-6,8,13H,7H2,1-2H3,(H2,12,18). The molecule has 0 heterocycles. The molecular weight excluding hydrogens is 320 g/mol. The van der Waals surface area contributed by atoms with Crippen LogP contribution in [0.5, 0.6) is 0 Å². The van der Waals surface area contributed by atoms with Crippen LogP contribution in [-0.4, -0.2) is 39.9 Å². The SMILES string of the molecule is CC(CS(C)(=O)=O)NS(=O)(=O)c1ccccc1C(N)=S. The van der Waals surface area contributed by atoms with Gasteiger partial charge in [-0.15, -0.1) is 0 Å². The highest BCUT2D eigenvalue weighted by Crippen LogP contribution is 2.15. The Bertz CT molecular complexity index is 711. The molecule has 0 amide bonds. The molecular formula is C11H16N2O4S3. The van der Waals surface area contributed by atoms with Gasteiger partial charge in [-0.3, -0.25) is 0 Å². The number of hydrogen-bond acceptors (Lipinski definition) is 5. The molecule has 1 atom stereocenters. The highest BCUT2D eigenvalue weighted by atomic mass is 32.2. The van der Waals surface area contributed by atoms with E-state index in [1.165, 1.54) is 25.1 Å². The van der Waals surface area contributed by atoms with Crippen LogP contribution in [0.1, 0.15) is 12.5 Å². The molecule has 0 spiro atoms. The van der Waals surface area contributed by atoms with Crippen molar-refractivity contribution in [1.29, 1.82) is 0 Å². The number of thiocarbonyl (C=S) groups is 1. The summed E-state index contributed by atoms with van der Waals surface area (Å²) in [5.41, 5.74) is 5.71. The van der Waals surface area contributed by atoms with Gasteiger partial charge in [0.25, 0.3) is 0 Å². The smallest absolute Gasteiger partial charge is 0.241 e. The molecule has 0 aliphatic rings. The van der Waals surface area contributed by atoms with E-state index in [1.807, 2.05) is 0 Å². The number of sulfone groups is 1. The van der Waals surface area contributed by atoms with E-state index in [9.17, 15) is 16.8 Å². The van der Waals surface area contributed by atoms with E-state index in [4.69, 9.17) is 18.0 Å². The van der Waals surface area contributed by atoms with Crippen LogP contribution in [0.25, 0.3) is 0 Å². The van der Waals surface area contributed by atoms with Gasteiger partial charge in [-0.1, -0.05) is 30.4 Å². The minimum Gasteiger partial charge on any atom is -0.389 e. The fourth-order valence-corrected chi connectivity index (χ4v) is 4.53. The molecule has 1 unspecified atom stereocenters. The van der Waals surface area contributed by atoms with E-state index in [0.29, 0.717) is 0 Å². The van der Waals surface area contributed by atoms with Crippen molar-refractivity contribution in [3.8, 4) is 0 Å². The fourth-order valence-electron chi connectivity index (χ4n) is 1.72. The van der Waals surface area contributed by atoms with Crippen LogP contribution in [0.2, 0.25) is 0 Å². The first-order chi connectivity index (χ1) is 9.03. The molecule has 0 aromatic heterocycles. The molecule has 0 saturated heterocycles. The fraction of sp³-hybridized carbons (Fsp3) is 0.364. The molecule has 0 radical (unpaired) electrons. The first kappa shape index (κ1) is 17.0. The Balaban J connectivity index is 3.10. The summed E-state index contributed by atoms with van der Waals surface area (Å²) in [6, 6.07) is 5.27. The molecule has 112 valence electrons. The number of sulfonamides is 1. The molecule has 20 heavy (non-hydrogen) atoms. The predicted molar refractivity (Wildman–Crippen MR) is 81.8 cm³/mol. The van der Waals surface area contributed by atoms with Crippen molar-refractivity contribution >= 4 is 37.1 Å². The first-order valence-corrected chi connectivity index (χ1v) is 9.57. The lowest BCUT2D eigenvalue weighted by Crippen LogP contribution is -2.38. The van der Waals surface area contributed by atoms with Crippen LogP contribution in [0.4, 0.5) is 0 Å². The summed E-state index contributed by atoms with van der Waals surface area (Å²) in [6.45, 7) is 1.47. The largest absolute Gasteiger partial charge is 0.389 e. The van der Waals surface area contributed by atoms with Crippen molar-refractivity contribution < 1.29 is 16.8 Å². The summed E-state index contributed by atoms with van der Waals surface area (Å²) in [7, 11) is -7.17. The van der Waals surface area contributed by atoms with E-state index < -0.39 is 25.9 Å². The summed E-state index contributed by atoms with van der Waals surface area (Å²) < 4.78 is 49.1. The van der Waals surface area contributed by atoms with Crippen LogP contribution in [0.3, 0.4) is 0 Å². The summed E-state index contributed by atoms with van der Waals surface area (Å²) in [5, 5.41) is 0. The minimum absolute atomic E-state index is 0.0401. The zero-order valence-electron chi connectivity index (χ0n) is 11.0. The number of hydrogen-bond donors (Lipinski definition) is 2. The average molecular weight is 336 g/mol. The lowest BCUT2D eigenvalue weighted by Gasteiger charge is -2.15. The maximum Gasteiger partial charge on any atom is 0.241 e. The van der Waals surface area contributed by atoms with Crippen molar-refractivity contribution in [3.63, 3.8) is 0 Å². The van der Waals surface area contributed by atoms with Gasteiger partial charge in [0.05, 0.1) is 10.6 Å². The highest BCUT2D eigenvalue weighted by Gasteiger charge is 2.23. The maximum atomic E-state index is 12.2. The topological polar surface area (TPSA) is 106 Å². The second-order valence-corrected chi connectivity index (χ2v) is 8.78. The van der Waals surface area contributed by atoms with E-state index in [0.717, 1.165) is 6.26 Å². The van der Waals surface area contributed by atoms with Crippen LogP contribution in [-0.2, 0) is 19.9 Å².